The molecule has 8 heteroatoms. The van der Waals surface area contributed by atoms with Crippen molar-refractivity contribution in [3.05, 3.63) is 29.3 Å². The molecule has 2 aromatic heterocycles. The largest absolute Gasteiger partial charge is 0.381 e. The van der Waals surface area contributed by atoms with E-state index in [9.17, 15) is 13.6 Å². The molecule has 0 spiro atoms. The van der Waals surface area contributed by atoms with E-state index in [-0.39, 0.29) is 5.13 Å². The Kier molecular flexibility index (Phi) is 4.66. The molecule has 0 fully saturated rings. The number of carbonyl (C=O) groups is 1. The molecule has 2 heterocycles. The monoisotopic (exact) mass is 314 g/mol. The summed E-state index contributed by atoms with van der Waals surface area (Å²) < 4.78 is 29.7. The summed E-state index contributed by atoms with van der Waals surface area (Å²) in [5.41, 5.74) is 0. The summed E-state index contributed by atoms with van der Waals surface area (Å²) in [4.78, 5) is 20.3. The number of amides is 1. The first kappa shape index (κ1) is 15.6. The number of carbonyl (C=O) groups excluding carboxylic acids is 1. The number of nitrogens with zero attached hydrogens (tertiary/aromatic N) is 3. The molecular formula is C13H16F2N4OS. The van der Waals surface area contributed by atoms with E-state index in [1.165, 1.54) is 28.3 Å². The summed E-state index contributed by atoms with van der Waals surface area (Å²) in [6.07, 6.45) is 5.69. The average molecular weight is 314 g/mol. The number of imidazole rings is 1. The fraction of sp³-hybridized carbons (Fsp3) is 0.462. The number of halogens is 2. The minimum absolute atomic E-state index is 0.171. The number of anilines is 1. The van der Waals surface area contributed by atoms with Crippen molar-refractivity contribution in [1.29, 1.82) is 0 Å². The average Bonchev–Trinajstić information content (AvgIpc) is 3.08. The Morgan fingerprint density at radius 2 is 2.19 bits per heavy atom. The topological polar surface area (TPSA) is 59.8 Å². The van der Waals surface area contributed by atoms with Crippen molar-refractivity contribution in [3.63, 3.8) is 0 Å². The molecule has 5 nitrogen and oxygen atoms in total. The second-order valence-corrected chi connectivity index (χ2v) is 5.57. The zero-order valence-corrected chi connectivity index (χ0v) is 12.6. The smallest absolute Gasteiger partial charge is 0.329 e. The normalized spacial score (nSPS) is 11.6. The van der Waals surface area contributed by atoms with Crippen LogP contribution in [-0.4, -0.2) is 20.4 Å². The van der Waals surface area contributed by atoms with Gasteiger partial charge in [0.05, 0.1) is 0 Å². The van der Waals surface area contributed by atoms with E-state index < -0.39 is 17.7 Å². The third-order valence-corrected chi connectivity index (χ3v) is 3.93. The zero-order valence-electron chi connectivity index (χ0n) is 11.8. The first-order valence-electron chi connectivity index (χ1n) is 6.64. The molecule has 0 unspecified atom stereocenters. The predicted octanol–water partition coefficient (Wildman–Crippen LogP) is 3.04. The first-order valence-corrected chi connectivity index (χ1v) is 7.46. The lowest BCUT2D eigenvalue weighted by atomic mass is 10.3. The number of aryl methyl sites for hydroxylation is 2. The van der Waals surface area contributed by atoms with Crippen molar-refractivity contribution in [1.82, 2.24) is 14.5 Å². The summed E-state index contributed by atoms with van der Waals surface area (Å²) in [5.74, 6) is -5.66. The third-order valence-electron chi connectivity index (χ3n) is 2.87. The number of aromatic nitrogens is 3. The van der Waals surface area contributed by atoms with E-state index in [0.29, 0.717) is 13.0 Å². The highest BCUT2D eigenvalue weighted by molar-refractivity contribution is 7.15. The van der Waals surface area contributed by atoms with Crippen molar-refractivity contribution in [2.24, 2.45) is 0 Å². The van der Waals surface area contributed by atoms with Crippen LogP contribution in [0.2, 0.25) is 0 Å². The maximum Gasteiger partial charge on any atom is 0.381 e. The number of hydrogen-bond acceptors (Lipinski definition) is 4. The van der Waals surface area contributed by atoms with Crippen LogP contribution < -0.4 is 5.32 Å². The molecule has 0 bridgehead atoms. The molecule has 2 aromatic rings. The first-order chi connectivity index (χ1) is 9.98. The fourth-order valence-electron chi connectivity index (χ4n) is 1.82. The maximum atomic E-state index is 14.2. The van der Waals surface area contributed by atoms with E-state index in [4.69, 9.17) is 0 Å². The molecular weight excluding hydrogens is 298 g/mol. The minimum Gasteiger partial charge on any atom is -0.329 e. The Hall–Kier alpha value is -1.83. The summed E-state index contributed by atoms with van der Waals surface area (Å²) in [6.45, 7) is 4.18. The number of rotatable bonds is 6. The molecule has 114 valence electrons. The predicted molar refractivity (Wildman–Crippen MR) is 76.5 cm³/mol. The van der Waals surface area contributed by atoms with Crippen LogP contribution in [0.5, 0.6) is 0 Å². The summed E-state index contributed by atoms with van der Waals surface area (Å²) in [6, 6.07) is 0. The molecule has 2 rings (SSSR count). The highest BCUT2D eigenvalue weighted by Gasteiger charge is 2.45. The highest BCUT2D eigenvalue weighted by atomic mass is 32.1. The van der Waals surface area contributed by atoms with Gasteiger partial charge in [0, 0.05) is 30.0 Å². The maximum absolute atomic E-state index is 14.2. The van der Waals surface area contributed by atoms with Gasteiger partial charge in [-0.15, -0.1) is 11.3 Å². The van der Waals surface area contributed by atoms with Crippen LogP contribution in [0.15, 0.2) is 18.6 Å². The van der Waals surface area contributed by atoms with Crippen molar-refractivity contribution in [3.8, 4) is 0 Å². The van der Waals surface area contributed by atoms with Gasteiger partial charge in [0.15, 0.2) is 11.0 Å². The number of hydrogen-bond donors (Lipinski definition) is 1. The molecule has 0 radical (unpaired) electrons. The Balaban J connectivity index is 2.17. The quantitative estimate of drug-likeness (QED) is 0.891. The Morgan fingerprint density at radius 3 is 2.81 bits per heavy atom. The third kappa shape index (κ3) is 3.26. The second kappa shape index (κ2) is 6.30. The zero-order chi connectivity index (χ0) is 15.5. The molecule has 0 atom stereocenters. The van der Waals surface area contributed by atoms with Crippen LogP contribution in [0.1, 0.15) is 31.0 Å². The van der Waals surface area contributed by atoms with E-state index in [2.05, 4.69) is 15.3 Å². The van der Waals surface area contributed by atoms with E-state index in [1.807, 2.05) is 13.8 Å². The lowest BCUT2D eigenvalue weighted by Crippen LogP contribution is -2.35. The van der Waals surface area contributed by atoms with Gasteiger partial charge in [-0.1, -0.05) is 13.8 Å². The molecule has 0 saturated carbocycles. The Bertz CT molecular complexity index is 623. The van der Waals surface area contributed by atoms with Crippen LogP contribution in [0, 0.1) is 0 Å². The second-order valence-electron chi connectivity index (χ2n) is 4.46. The Morgan fingerprint density at radius 1 is 1.43 bits per heavy atom. The fourth-order valence-corrected chi connectivity index (χ4v) is 2.57. The highest BCUT2D eigenvalue weighted by Crippen LogP contribution is 2.29. The van der Waals surface area contributed by atoms with Gasteiger partial charge in [-0.2, -0.15) is 8.78 Å². The van der Waals surface area contributed by atoms with Gasteiger partial charge in [-0.25, -0.2) is 9.97 Å². The van der Waals surface area contributed by atoms with Gasteiger partial charge < -0.3 is 4.57 Å². The van der Waals surface area contributed by atoms with Crippen molar-refractivity contribution in [2.45, 2.75) is 39.2 Å². The standard InChI is InChI=1S/C13H16F2N4OS/c1-3-6-19-7-5-16-10(19)13(14,15)11(20)18-12-17-8-9(4-2)21-12/h5,7-8H,3-4,6H2,1-2H3,(H,17,18,20). The summed E-state index contributed by atoms with van der Waals surface area (Å²) >= 11 is 1.19. The van der Waals surface area contributed by atoms with Gasteiger partial charge in [-0.3, -0.25) is 10.1 Å². The van der Waals surface area contributed by atoms with Crippen LogP contribution in [0.25, 0.3) is 0 Å². The van der Waals surface area contributed by atoms with Crippen LogP contribution >= 0.6 is 11.3 Å². The number of thiazole rings is 1. The molecule has 0 aliphatic rings. The van der Waals surface area contributed by atoms with Crippen LogP contribution in [0.4, 0.5) is 13.9 Å². The Labute approximate surface area is 125 Å². The molecule has 0 saturated heterocycles. The molecule has 0 aromatic carbocycles. The van der Waals surface area contributed by atoms with Gasteiger partial charge in [-0.05, 0) is 12.8 Å². The summed E-state index contributed by atoms with van der Waals surface area (Å²) in [7, 11) is 0. The lowest BCUT2D eigenvalue weighted by molar-refractivity contribution is -0.142. The van der Waals surface area contributed by atoms with Crippen molar-refractivity contribution in [2.75, 3.05) is 5.32 Å². The van der Waals surface area contributed by atoms with E-state index >= 15 is 0 Å². The van der Waals surface area contributed by atoms with E-state index in [0.717, 1.165) is 11.3 Å². The number of alkyl halides is 2. The molecule has 21 heavy (non-hydrogen) atoms. The van der Waals surface area contributed by atoms with Gasteiger partial charge in [0.2, 0.25) is 0 Å². The molecule has 0 aliphatic carbocycles. The minimum atomic E-state index is -3.70. The lowest BCUT2D eigenvalue weighted by Gasteiger charge is -2.16. The van der Waals surface area contributed by atoms with E-state index in [1.54, 1.807) is 6.20 Å². The van der Waals surface area contributed by atoms with Crippen molar-refractivity contribution < 1.29 is 13.6 Å². The van der Waals surface area contributed by atoms with Gasteiger partial charge in [0.25, 0.3) is 0 Å². The SMILES string of the molecule is CCCn1ccnc1C(F)(F)C(=O)Nc1ncc(CC)s1. The van der Waals surface area contributed by atoms with Gasteiger partial charge in [0.1, 0.15) is 0 Å². The van der Waals surface area contributed by atoms with Crippen LogP contribution in [0.3, 0.4) is 0 Å². The molecule has 1 amide bonds. The molecule has 0 aliphatic heterocycles. The van der Waals surface area contributed by atoms with Gasteiger partial charge >= 0.3 is 11.8 Å². The van der Waals surface area contributed by atoms with Crippen LogP contribution in [-0.2, 0) is 23.7 Å². The van der Waals surface area contributed by atoms with Crippen molar-refractivity contribution >= 4 is 22.4 Å². The molecule has 1 N–H and O–H groups in total. The number of nitrogens with one attached hydrogen (secondary N) is 1. The summed E-state index contributed by atoms with van der Waals surface area (Å²) in [5, 5.41) is 2.33.